The lowest BCUT2D eigenvalue weighted by molar-refractivity contribution is 0.131. The van der Waals surface area contributed by atoms with Crippen LogP contribution in [-0.2, 0) is 17.6 Å². The first-order valence-electron chi connectivity index (χ1n) is 10.3. The van der Waals surface area contributed by atoms with Crippen molar-refractivity contribution in [2.75, 3.05) is 52.9 Å². The van der Waals surface area contributed by atoms with E-state index in [4.69, 9.17) is 19.2 Å². The van der Waals surface area contributed by atoms with E-state index in [1.807, 2.05) is 6.07 Å². The molecular formula is C22H31N3O3. The van der Waals surface area contributed by atoms with Crippen molar-refractivity contribution in [1.82, 2.24) is 9.88 Å². The van der Waals surface area contributed by atoms with Gasteiger partial charge in [0, 0.05) is 49.1 Å². The summed E-state index contributed by atoms with van der Waals surface area (Å²) in [6.07, 6.45) is 5.72. The van der Waals surface area contributed by atoms with Crippen molar-refractivity contribution in [2.45, 2.75) is 38.1 Å². The number of aromatic nitrogens is 1. The molecule has 1 N–H and O–H groups in total. The number of benzene rings is 1. The monoisotopic (exact) mass is 385 g/mol. The van der Waals surface area contributed by atoms with Gasteiger partial charge in [-0.05, 0) is 50.3 Å². The van der Waals surface area contributed by atoms with Gasteiger partial charge in [0.05, 0.1) is 26.3 Å². The van der Waals surface area contributed by atoms with E-state index in [2.05, 4.69) is 16.3 Å². The highest BCUT2D eigenvalue weighted by Crippen LogP contribution is 2.40. The van der Waals surface area contributed by atoms with Gasteiger partial charge in [-0.2, -0.15) is 0 Å². The molecule has 1 aliphatic heterocycles. The first kappa shape index (κ1) is 19.3. The lowest BCUT2D eigenvalue weighted by Gasteiger charge is -2.34. The molecule has 1 aliphatic carbocycles. The Labute approximate surface area is 167 Å². The highest BCUT2D eigenvalue weighted by Gasteiger charge is 2.25. The Hall–Kier alpha value is -2.05. The molecule has 6 heteroatoms. The maximum atomic E-state index is 5.57. The molecule has 1 aromatic carbocycles. The minimum atomic E-state index is 0.439. The van der Waals surface area contributed by atoms with E-state index in [0.29, 0.717) is 6.04 Å². The maximum Gasteiger partial charge on any atom is 0.162 e. The third kappa shape index (κ3) is 3.76. The molecule has 28 heavy (non-hydrogen) atoms. The molecule has 1 atom stereocenters. The predicted molar refractivity (Wildman–Crippen MR) is 112 cm³/mol. The lowest BCUT2D eigenvalue weighted by Crippen LogP contribution is -2.43. The van der Waals surface area contributed by atoms with Gasteiger partial charge in [-0.3, -0.25) is 9.88 Å². The van der Waals surface area contributed by atoms with Crippen LogP contribution < -0.4 is 14.8 Å². The Morgan fingerprint density at radius 1 is 1.11 bits per heavy atom. The Kier molecular flexibility index (Phi) is 5.87. The van der Waals surface area contributed by atoms with Gasteiger partial charge in [-0.15, -0.1) is 0 Å². The summed E-state index contributed by atoms with van der Waals surface area (Å²) in [5, 5.41) is 5.03. The number of ether oxygens (including phenoxy) is 3. The summed E-state index contributed by atoms with van der Waals surface area (Å²) in [5.41, 5.74) is 4.84. The highest BCUT2D eigenvalue weighted by atomic mass is 16.5. The number of likely N-dealkylation sites (tertiary alicyclic amines) is 1. The maximum absolute atomic E-state index is 5.57. The van der Waals surface area contributed by atoms with E-state index in [1.54, 1.807) is 21.3 Å². The summed E-state index contributed by atoms with van der Waals surface area (Å²) < 4.78 is 16.3. The Morgan fingerprint density at radius 3 is 2.71 bits per heavy atom. The molecule has 1 fully saturated rings. The van der Waals surface area contributed by atoms with Crippen LogP contribution in [0.2, 0.25) is 0 Å². The van der Waals surface area contributed by atoms with Crippen LogP contribution in [-0.4, -0.2) is 63.5 Å². The van der Waals surface area contributed by atoms with E-state index in [-0.39, 0.29) is 0 Å². The van der Waals surface area contributed by atoms with E-state index >= 15 is 0 Å². The van der Waals surface area contributed by atoms with Gasteiger partial charge in [0.25, 0.3) is 0 Å². The molecule has 1 saturated heterocycles. The van der Waals surface area contributed by atoms with Crippen molar-refractivity contribution in [1.29, 1.82) is 0 Å². The summed E-state index contributed by atoms with van der Waals surface area (Å²) in [6, 6.07) is 4.52. The van der Waals surface area contributed by atoms with Crippen LogP contribution in [0.3, 0.4) is 0 Å². The Balaban J connectivity index is 1.69. The fourth-order valence-electron chi connectivity index (χ4n) is 4.56. The van der Waals surface area contributed by atoms with Crippen molar-refractivity contribution in [3.05, 3.63) is 23.4 Å². The number of anilines is 1. The molecule has 2 aliphatic rings. The number of fused-ring (bicyclic) bond motifs is 2. The largest absolute Gasteiger partial charge is 0.493 e. The number of nitrogens with one attached hydrogen (secondary N) is 1. The van der Waals surface area contributed by atoms with Gasteiger partial charge in [0.1, 0.15) is 0 Å². The quantitative estimate of drug-likeness (QED) is 0.790. The van der Waals surface area contributed by atoms with Gasteiger partial charge >= 0.3 is 0 Å². The van der Waals surface area contributed by atoms with Crippen LogP contribution in [0.5, 0.6) is 11.5 Å². The van der Waals surface area contributed by atoms with E-state index in [9.17, 15) is 0 Å². The van der Waals surface area contributed by atoms with Crippen molar-refractivity contribution in [3.8, 4) is 11.5 Å². The summed E-state index contributed by atoms with van der Waals surface area (Å²) >= 11 is 0. The van der Waals surface area contributed by atoms with Crippen LogP contribution in [0, 0.1) is 0 Å². The van der Waals surface area contributed by atoms with Crippen LogP contribution in [0.1, 0.15) is 30.5 Å². The smallest absolute Gasteiger partial charge is 0.162 e. The minimum absolute atomic E-state index is 0.439. The number of methoxy groups -OCH3 is 3. The molecule has 0 spiro atoms. The third-order valence-electron chi connectivity index (χ3n) is 5.98. The fourth-order valence-corrected chi connectivity index (χ4v) is 4.56. The second-order valence-corrected chi connectivity index (χ2v) is 7.77. The normalized spacial score (nSPS) is 19.6. The average molecular weight is 386 g/mol. The van der Waals surface area contributed by atoms with Crippen LogP contribution >= 0.6 is 0 Å². The summed E-state index contributed by atoms with van der Waals surface area (Å²) in [6.45, 7) is 3.99. The molecule has 1 aromatic heterocycles. The summed E-state index contributed by atoms with van der Waals surface area (Å²) in [7, 11) is 5.13. The molecule has 2 heterocycles. The standard InChI is InChI=1S/C22H31N3O3/c1-26-11-10-25-9-5-6-15(14-25)23-22-16-7-4-8-18(16)24-19-13-21(28-3)20(27-2)12-17(19)22/h12-13,15H,4-11,14H2,1-3H3,(H,23,24)/t15-/m0/s1. The topological polar surface area (TPSA) is 55.9 Å². The zero-order chi connectivity index (χ0) is 19.5. The molecule has 0 saturated carbocycles. The molecule has 6 nitrogen and oxygen atoms in total. The number of piperidine rings is 1. The van der Waals surface area contributed by atoms with E-state index in [1.165, 1.54) is 36.2 Å². The molecule has 152 valence electrons. The van der Waals surface area contributed by atoms with Crippen LogP contribution in [0.4, 0.5) is 5.69 Å². The van der Waals surface area contributed by atoms with E-state index in [0.717, 1.165) is 61.5 Å². The van der Waals surface area contributed by atoms with Gasteiger partial charge in [-0.25, -0.2) is 0 Å². The zero-order valence-corrected chi connectivity index (χ0v) is 17.2. The molecule has 0 bridgehead atoms. The third-order valence-corrected chi connectivity index (χ3v) is 5.98. The number of rotatable bonds is 7. The number of nitrogens with zero attached hydrogens (tertiary/aromatic N) is 2. The van der Waals surface area contributed by atoms with Crippen LogP contribution in [0.25, 0.3) is 10.9 Å². The summed E-state index contributed by atoms with van der Waals surface area (Å²) in [4.78, 5) is 7.44. The fraction of sp³-hybridized carbons (Fsp3) is 0.591. The lowest BCUT2D eigenvalue weighted by atomic mass is 10.0. The van der Waals surface area contributed by atoms with Gasteiger partial charge in [-0.1, -0.05) is 0 Å². The second-order valence-electron chi connectivity index (χ2n) is 7.77. The highest BCUT2D eigenvalue weighted by molar-refractivity contribution is 5.96. The average Bonchev–Trinajstić information content (AvgIpc) is 3.19. The molecule has 0 radical (unpaired) electrons. The molecule has 2 aromatic rings. The van der Waals surface area contributed by atoms with Gasteiger partial charge < -0.3 is 19.5 Å². The minimum Gasteiger partial charge on any atom is -0.493 e. The zero-order valence-electron chi connectivity index (χ0n) is 17.2. The van der Waals surface area contributed by atoms with Crippen molar-refractivity contribution in [2.24, 2.45) is 0 Å². The van der Waals surface area contributed by atoms with Crippen molar-refractivity contribution >= 4 is 16.6 Å². The SMILES string of the molecule is COCCN1CCC[C@H](Nc2c3c(nc4cc(OC)c(OC)cc24)CCC3)C1. The molecule has 0 amide bonds. The Bertz CT molecular complexity index is 840. The van der Waals surface area contributed by atoms with Crippen molar-refractivity contribution < 1.29 is 14.2 Å². The number of hydrogen-bond donors (Lipinski definition) is 1. The summed E-state index contributed by atoms with van der Waals surface area (Å²) in [5.74, 6) is 1.48. The second kappa shape index (κ2) is 8.53. The van der Waals surface area contributed by atoms with Crippen LogP contribution in [0.15, 0.2) is 12.1 Å². The number of aryl methyl sites for hydroxylation is 1. The number of hydrogen-bond acceptors (Lipinski definition) is 6. The van der Waals surface area contributed by atoms with Gasteiger partial charge in [0.2, 0.25) is 0 Å². The van der Waals surface area contributed by atoms with Gasteiger partial charge in [0.15, 0.2) is 11.5 Å². The first-order chi connectivity index (χ1) is 13.7. The molecular weight excluding hydrogens is 354 g/mol. The molecule has 0 unspecified atom stereocenters. The number of pyridine rings is 1. The predicted octanol–water partition coefficient (Wildman–Crippen LogP) is 3.26. The van der Waals surface area contributed by atoms with E-state index < -0.39 is 0 Å². The van der Waals surface area contributed by atoms with Crippen molar-refractivity contribution in [3.63, 3.8) is 0 Å². The Morgan fingerprint density at radius 2 is 1.93 bits per heavy atom. The molecule has 4 rings (SSSR count). The first-order valence-corrected chi connectivity index (χ1v) is 10.3.